The predicted molar refractivity (Wildman–Crippen MR) is 94.2 cm³/mol. The summed E-state index contributed by atoms with van der Waals surface area (Å²) in [5.41, 5.74) is 1.13. The highest BCUT2D eigenvalue weighted by atomic mass is 35.5. The maximum Gasteiger partial charge on any atom is 0.255 e. The average molecular weight is 364 g/mol. The SMILES string of the molecule is CCOC(OCC)P(=O)(O)CCCNC(C)c1ccc(Cl)cc1. The third kappa shape index (κ3) is 7.34. The maximum absolute atomic E-state index is 12.3. The Bertz CT molecular complexity index is 491. The molecule has 1 aromatic rings. The summed E-state index contributed by atoms with van der Waals surface area (Å²) >= 11 is 5.87. The van der Waals surface area contributed by atoms with Crippen molar-refractivity contribution < 1.29 is 18.9 Å². The summed E-state index contributed by atoms with van der Waals surface area (Å²) in [5.74, 6) is 0. The van der Waals surface area contributed by atoms with Crippen LogP contribution in [-0.2, 0) is 14.0 Å². The molecule has 0 fully saturated rings. The summed E-state index contributed by atoms with van der Waals surface area (Å²) in [6.45, 7) is 6.94. The fraction of sp³-hybridized carbons (Fsp3) is 0.625. The molecule has 0 radical (unpaired) electrons. The van der Waals surface area contributed by atoms with Gasteiger partial charge in [0.1, 0.15) is 0 Å². The van der Waals surface area contributed by atoms with E-state index in [4.69, 9.17) is 21.1 Å². The van der Waals surface area contributed by atoms with E-state index in [2.05, 4.69) is 5.32 Å². The van der Waals surface area contributed by atoms with Crippen LogP contribution in [0.4, 0.5) is 0 Å². The molecule has 23 heavy (non-hydrogen) atoms. The molecule has 0 aliphatic carbocycles. The molecule has 5 nitrogen and oxygen atoms in total. The molecule has 0 bridgehead atoms. The number of benzene rings is 1. The number of nitrogens with one attached hydrogen (secondary N) is 1. The van der Waals surface area contributed by atoms with E-state index in [0.717, 1.165) is 5.56 Å². The van der Waals surface area contributed by atoms with E-state index in [9.17, 15) is 9.46 Å². The molecule has 0 aliphatic heterocycles. The summed E-state index contributed by atoms with van der Waals surface area (Å²) in [7, 11) is -3.48. The zero-order valence-electron chi connectivity index (χ0n) is 14.0. The van der Waals surface area contributed by atoms with Crippen LogP contribution in [0.25, 0.3) is 0 Å². The fourth-order valence-electron chi connectivity index (χ4n) is 2.17. The summed E-state index contributed by atoms with van der Waals surface area (Å²) in [5, 5.41) is 4.05. The van der Waals surface area contributed by atoms with Crippen molar-refractivity contribution >= 4 is 19.0 Å². The number of hydrogen-bond donors (Lipinski definition) is 2. The van der Waals surface area contributed by atoms with Crippen LogP contribution in [-0.4, -0.2) is 36.8 Å². The lowest BCUT2D eigenvalue weighted by Crippen LogP contribution is -2.23. The standard InChI is InChI=1S/C16H27ClNO4P/c1-4-21-16(22-5-2)23(19,20)12-6-11-18-13(3)14-7-9-15(17)10-8-14/h7-10,13,16,18H,4-6,11-12H2,1-3H3,(H,19,20). The molecule has 1 aromatic carbocycles. The first-order valence-corrected chi connectivity index (χ1v) is 10.2. The van der Waals surface area contributed by atoms with Crippen molar-refractivity contribution in [2.75, 3.05) is 25.9 Å². The largest absolute Gasteiger partial charge is 0.345 e. The predicted octanol–water partition coefficient (Wildman–Crippen LogP) is 4.01. The molecule has 0 saturated heterocycles. The molecule has 0 amide bonds. The van der Waals surface area contributed by atoms with Crippen LogP contribution in [0.1, 0.15) is 38.8 Å². The summed E-state index contributed by atoms with van der Waals surface area (Å²) in [6, 6.07) is 6.78. The summed E-state index contributed by atoms with van der Waals surface area (Å²) in [6.07, 6.45) is 0.736. The molecular weight excluding hydrogens is 337 g/mol. The lowest BCUT2D eigenvalue weighted by atomic mass is 10.1. The Labute approximate surface area is 143 Å². The monoisotopic (exact) mass is 363 g/mol. The van der Waals surface area contributed by atoms with Crippen molar-refractivity contribution in [3.63, 3.8) is 0 Å². The molecule has 132 valence electrons. The second-order valence-electron chi connectivity index (χ2n) is 5.28. The van der Waals surface area contributed by atoms with Gasteiger partial charge in [0, 0.05) is 30.4 Å². The molecule has 7 heteroatoms. The van der Waals surface area contributed by atoms with E-state index in [-0.39, 0.29) is 12.2 Å². The van der Waals surface area contributed by atoms with Crippen molar-refractivity contribution in [1.82, 2.24) is 5.32 Å². The van der Waals surface area contributed by atoms with Crippen LogP contribution in [0, 0.1) is 0 Å². The lowest BCUT2D eigenvalue weighted by molar-refractivity contribution is -0.0871. The van der Waals surface area contributed by atoms with Gasteiger partial charge in [-0.3, -0.25) is 4.57 Å². The minimum atomic E-state index is -3.48. The highest BCUT2D eigenvalue weighted by molar-refractivity contribution is 7.58. The molecular formula is C16H27ClNO4P. The first-order valence-electron chi connectivity index (χ1n) is 7.94. The molecule has 0 saturated carbocycles. The van der Waals surface area contributed by atoms with Crippen molar-refractivity contribution in [1.29, 1.82) is 0 Å². The molecule has 0 aliphatic rings. The lowest BCUT2D eigenvalue weighted by Gasteiger charge is -2.23. The van der Waals surface area contributed by atoms with Gasteiger partial charge in [-0.15, -0.1) is 0 Å². The van der Waals surface area contributed by atoms with Gasteiger partial charge in [-0.1, -0.05) is 23.7 Å². The van der Waals surface area contributed by atoms with E-state index < -0.39 is 13.4 Å². The minimum Gasteiger partial charge on any atom is -0.345 e. The van der Waals surface area contributed by atoms with Crippen molar-refractivity contribution in [2.24, 2.45) is 0 Å². The quantitative estimate of drug-likeness (QED) is 0.353. The van der Waals surface area contributed by atoms with E-state index in [1.165, 1.54) is 0 Å². The molecule has 0 spiro atoms. The topological polar surface area (TPSA) is 67.8 Å². The molecule has 0 heterocycles. The van der Waals surface area contributed by atoms with Crippen LogP contribution in [0.15, 0.2) is 24.3 Å². The number of halogens is 1. The molecule has 0 aromatic heterocycles. The van der Waals surface area contributed by atoms with E-state index in [1.807, 2.05) is 31.2 Å². The first kappa shape index (κ1) is 20.6. The van der Waals surface area contributed by atoms with Gasteiger partial charge < -0.3 is 19.7 Å². The second kappa shape index (κ2) is 10.4. The first-order chi connectivity index (χ1) is 10.9. The Hall–Kier alpha value is -0.420. The second-order valence-corrected chi connectivity index (χ2v) is 8.09. The fourth-order valence-corrected chi connectivity index (χ4v) is 3.88. The number of rotatable bonds is 11. The highest BCUT2D eigenvalue weighted by Gasteiger charge is 2.31. The Morgan fingerprint density at radius 2 is 1.78 bits per heavy atom. The van der Waals surface area contributed by atoms with Crippen LogP contribution in [0.2, 0.25) is 5.02 Å². The third-order valence-corrected chi connectivity index (χ3v) is 5.59. The summed E-state index contributed by atoms with van der Waals surface area (Å²) in [4.78, 5) is 10.1. The Balaban J connectivity index is 2.40. The zero-order valence-corrected chi connectivity index (χ0v) is 15.6. The third-order valence-electron chi connectivity index (χ3n) is 3.42. The van der Waals surface area contributed by atoms with Gasteiger partial charge in [0.15, 0.2) is 0 Å². The zero-order chi connectivity index (χ0) is 17.3. The van der Waals surface area contributed by atoms with Gasteiger partial charge in [-0.25, -0.2) is 0 Å². The van der Waals surface area contributed by atoms with Gasteiger partial charge in [0.25, 0.3) is 7.37 Å². The van der Waals surface area contributed by atoms with E-state index in [0.29, 0.717) is 31.2 Å². The van der Waals surface area contributed by atoms with Gasteiger partial charge in [0.05, 0.1) is 0 Å². The normalized spacial score (nSPS) is 15.6. The maximum atomic E-state index is 12.3. The summed E-state index contributed by atoms with van der Waals surface area (Å²) < 4.78 is 22.8. The Morgan fingerprint density at radius 3 is 2.30 bits per heavy atom. The smallest absolute Gasteiger partial charge is 0.255 e. The van der Waals surface area contributed by atoms with Gasteiger partial charge in [0.2, 0.25) is 6.03 Å². The molecule has 2 N–H and O–H groups in total. The Kier molecular flexibility index (Phi) is 9.37. The average Bonchev–Trinajstić information content (AvgIpc) is 2.52. The highest BCUT2D eigenvalue weighted by Crippen LogP contribution is 2.47. The van der Waals surface area contributed by atoms with E-state index >= 15 is 0 Å². The Morgan fingerprint density at radius 1 is 1.22 bits per heavy atom. The van der Waals surface area contributed by atoms with Crippen molar-refractivity contribution in [3.05, 3.63) is 34.9 Å². The van der Waals surface area contributed by atoms with Crippen molar-refractivity contribution in [2.45, 2.75) is 39.3 Å². The van der Waals surface area contributed by atoms with Gasteiger partial charge in [-0.2, -0.15) is 0 Å². The molecule has 2 atom stereocenters. The van der Waals surface area contributed by atoms with Gasteiger partial charge in [-0.05, 0) is 51.4 Å². The van der Waals surface area contributed by atoms with Crippen molar-refractivity contribution in [3.8, 4) is 0 Å². The number of hydrogen-bond acceptors (Lipinski definition) is 4. The van der Waals surface area contributed by atoms with E-state index in [1.54, 1.807) is 13.8 Å². The number of ether oxygens (including phenoxy) is 2. The van der Waals surface area contributed by atoms with Gasteiger partial charge >= 0.3 is 0 Å². The molecule has 1 rings (SSSR count). The van der Waals surface area contributed by atoms with Crippen LogP contribution >= 0.6 is 19.0 Å². The molecule has 2 unspecified atom stereocenters. The van der Waals surface area contributed by atoms with Crippen LogP contribution < -0.4 is 5.32 Å². The van der Waals surface area contributed by atoms with Crippen LogP contribution in [0.5, 0.6) is 0 Å². The van der Waals surface area contributed by atoms with Crippen LogP contribution in [0.3, 0.4) is 0 Å². The minimum absolute atomic E-state index is 0.153.